The molecule has 0 saturated heterocycles. The lowest BCUT2D eigenvalue weighted by Gasteiger charge is -2.31. The molecule has 0 aliphatic carbocycles. The van der Waals surface area contributed by atoms with Gasteiger partial charge in [-0.3, -0.25) is 0 Å². The minimum absolute atomic E-state index is 0.0227. The monoisotopic (exact) mass is 227 g/mol. The second-order valence-corrected chi connectivity index (χ2v) is 6.31. The lowest BCUT2D eigenvalue weighted by atomic mass is 9.79. The molecular formula is C13H25NO2. The number of carboxylic acid groups (broad SMARTS) is 1. The SMILES string of the molecule is C=CC(C)(C)CC(CC(C)(C)C)NC(=O)O. The van der Waals surface area contributed by atoms with Gasteiger partial charge in [0.2, 0.25) is 0 Å². The van der Waals surface area contributed by atoms with Crippen molar-refractivity contribution in [2.45, 2.75) is 53.5 Å². The van der Waals surface area contributed by atoms with Gasteiger partial charge in [-0.2, -0.15) is 0 Å². The second-order valence-electron chi connectivity index (χ2n) is 6.31. The molecule has 0 rings (SSSR count). The van der Waals surface area contributed by atoms with Crippen molar-refractivity contribution in [2.24, 2.45) is 10.8 Å². The highest BCUT2D eigenvalue weighted by Gasteiger charge is 2.25. The quantitative estimate of drug-likeness (QED) is 0.704. The molecule has 0 bridgehead atoms. The molecule has 1 unspecified atom stereocenters. The highest BCUT2D eigenvalue weighted by atomic mass is 16.4. The first kappa shape index (κ1) is 15.0. The number of allylic oxidation sites excluding steroid dienone is 1. The van der Waals surface area contributed by atoms with Crippen LogP contribution in [-0.2, 0) is 0 Å². The molecule has 0 aliphatic heterocycles. The molecule has 3 heteroatoms. The van der Waals surface area contributed by atoms with Gasteiger partial charge in [-0.25, -0.2) is 4.79 Å². The summed E-state index contributed by atoms with van der Waals surface area (Å²) in [5.74, 6) is 0. The van der Waals surface area contributed by atoms with Gasteiger partial charge in [0.1, 0.15) is 0 Å². The lowest BCUT2D eigenvalue weighted by Crippen LogP contribution is -2.39. The molecule has 0 heterocycles. The number of carbonyl (C=O) groups is 1. The Bertz CT molecular complexity index is 251. The van der Waals surface area contributed by atoms with Crippen LogP contribution in [0, 0.1) is 10.8 Å². The summed E-state index contributed by atoms with van der Waals surface area (Å²) < 4.78 is 0. The third-order valence-corrected chi connectivity index (χ3v) is 2.51. The maximum absolute atomic E-state index is 10.7. The summed E-state index contributed by atoms with van der Waals surface area (Å²) >= 11 is 0. The standard InChI is InChI=1S/C13H25NO2/c1-7-13(5,6)9-10(14-11(15)16)8-12(2,3)4/h7,10,14H,1,8-9H2,2-6H3,(H,15,16). The van der Waals surface area contributed by atoms with Crippen LogP contribution in [0.15, 0.2) is 12.7 Å². The number of nitrogens with one attached hydrogen (secondary N) is 1. The van der Waals surface area contributed by atoms with Gasteiger partial charge in [0.15, 0.2) is 0 Å². The first-order valence-electron chi connectivity index (χ1n) is 5.69. The summed E-state index contributed by atoms with van der Waals surface area (Å²) in [6.45, 7) is 14.3. The van der Waals surface area contributed by atoms with Crippen LogP contribution in [0.1, 0.15) is 47.5 Å². The average molecular weight is 227 g/mol. The summed E-state index contributed by atoms with van der Waals surface area (Å²) in [4.78, 5) is 10.7. The molecule has 1 amide bonds. The van der Waals surface area contributed by atoms with Crippen LogP contribution in [0.3, 0.4) is 0 Å². The highest BCUT2D eigenvalue weighted by molar-refractivity contribution is 5.64. The van der Waals surface area contributed by atoms with Crippen LogP contribution in [0.25, 0.3) is 0 Å². The number of hydrogen-bond donors (Lipinski definition) is 2. The smallest absolute Gasteiger partial charge is 0.404 e. The summed E-state index contributed by atoms with van der Waals surface area (Å²) in [5, 5.41) is 11.4. The van der Waals surface area contributed by atoms with Crippen LogP contribution in [0.2, 0.25) is 0 Å². The molecule has 0 radical (unpaired) electrons. The van der Waals surface area contributed by atoms with Crippen molar-refractivity contribution in [1.29, 1.82) is 0 Å². The molecule has 2 N–H and O–H groups in total. The Labute approximate surface area is 98.9 Å². The molecule has 16 heavy (non-hydrogen) atoms. The third kappa shape index (κ3) is 7.32. The van der Waals surface area contributed by atoms with E-state index in [1.807, 2.05) is 6.08 Å². The van der Waals surface area contributed by atoms with Crippen molar-refractivity contribution < 1.29 is 9.90 Å². The fraction of sp³-hybridized carbons (Fsp3) is 0.769. The molecule has 0 aliphatic rings. The molecule has 3 nitrogen and oxygen atoms in total. The Morgan fingerprint density at radius 1 is 1.31 bits per heavy atom. The number of amides is 1. The van der Waals surface area contributed by atoms with Crippen LogP contribution >= 0.6 is 0 Å². The first-order chi connectivity index (χ1) is 7.06. The van der Waals surface area contributed by atoms with E-state index < -0.39 is 6.09 Å². The third-order valence-electron chi connectivity index (χ3n) is 2.51. The van der Waals surface area contributed by atoms with Gasteiger partial charge in [0, 0.05) is 6.04 Å². The average Bonchev–Trinajstić information content (AvgIpc) is 1.98. The predicted octanol–water partition coefficient (Wildman–Crippen LogP) is 3.66. The highest BCUT2D eigenvalue weighted by Crippen LogP contribution is 2.29. The van der Waals surface area contributed by atoms with Crippen LogP contribution < -0.4 is 5.32 Å². The normalized spacial score (nSPS) is 14.3. The number of rotatable bonds is 5. The minimum Gasteiger partial charge on any atom is -0.465 e. The molecule has 0 saturated carbocycles. The molecular weight excluding hydrogens is 202 g/mol. The Hall–Kier alpha value is -0.990. The van der Waals surface area contributed by atoms with Gasteiger partial charge in [0.25, 0.3) is 0 Å². The van der Waals surface area contributed by atoms with E-state index in [4.69, 9.17) is 5.11 Å². The van der Waals surface area contributed by atoms with E-state index in [0.717, 1.165) is 12.8 Å². The molecule has 94 valence electrons. The Kier molecular flexibility index (Phi) is 5.04. The van der Waals surface area contributed by atoms with Crippen LogP contribution in [0.5, 0.6) is 0 Å². The molecule has 0 fully saturated rings. The van der Waals surface area contributed by atoms with E-state index in [1.54, 1.807) is 0 Å². The Morgan fingerprint density at radius 2 is 1.81 bits per heavy atom. The van der Waals surface area contributed by atoms with E-state index in [1.165, 1.54) is 0 Å². The van der Waals surface area contributed by atoms with Gasteiger partial charge in [-0.15, -0.1) is 6.58 Å². The van der Waals surface area contributed by atoms with Crippen molar-refractivity contribution in [1.82, 2.24) is 5.32 Å². The zero-order valence-electron chi connectivity index (χ0n) is 11.1. The second kappa shape index (κ2) is 5.37. The first-order valence-corrected chi connectivity index (χ1v) is 5.69. The van der Waals surface area contributed by atoms with Crippen LogP contribution in [0.4, 0.5) is 4.79 Å². The van der Waals surface area contributed by atoms with Crippen molar-refractivity contribution in [3.05, 3.63) is 12.7 Å². The van der Waals surface area contributed by atoms with Crippen LogP contribution in [-0.4, -0.2) is 17.2 Å². The molecule has 0 aromatic rings. The van der Waals surface area contributed by atoms with Gasteiger partial charge in [0.05, 0.1) is 0 Å². The van der Waals surface area contributed by atoms with Crippen molar-refractivity contribution in [3.8, 4) is 0 Å². The minimum atomic E-state index is -0.950. The largest absolute Gasteiger partial charge is 0.465 e. The fourth-order valence-electron chi connectivity index (χ4n) is 1.81. The fourth-order valence-corrected chi connectivity index (χ4v) is 1.81. The van der Waals surface area contributed by atoms with E-state index in [0.29, 0.717) is 0 Å². The summed E-state index contributed by atoms with van der Waals surface area (Å²) in [6.07, 6.45) is 2.54. The summed E-state index contributed by atoms with van der Waals surface area (Å²) in [7, 11) is 0. The van der Waals surface area contributed by atoms with Gasteiger partial charge >= 0.3 is 6.09 Å². The van der Waals surface area contributed by atoms with Gasteiger partial charge in [-0.1, -0.05) is 40.7 Å². The number of hydrogen-bond acceptors (Lipinski definition) is 1. The van der Waals surface area contributed by atoms with Gasteiger partial charge < -0.3 is 10.4 Å². The van der Waals surface area contributed by atoms with Gasteiger partial charge in [-0.05, 0) is 23.7 Å². The topological polar surface area (TPSA) is 49.3 Å². The molecule has 1 atom stereocenters. The predicted molar refractivity (Wildman–Crippen MR) is 67.6 cm³/mol. The lowest BCUT2D eigenvalue weighted by molar-refractivity contribution is 0.178. The molecule has 0 aromatic carbocycles. The molecule has 0 spiro atoms. The molecule has 0 aromatic heterocycles. The van der Waals surface area contributed by atoms with E-state index >= 15 is 0 Å². The zero-order valence-corrected chi connectivity index (χ0v) is 11.1. The Morgan fingerprint density at radius 3 is 2.12 bits per heavy atom. The van der Waals surface area contributed by atoms with Crippen molar-refractivity contribution in [3.63, 3.8) is 0 Å². The zero-order chi connectivity index (χ0) is 13.0. The Balaban J connectivity index is 4.55. The van der Waals surface area contributed by atoms with E-state index in [2.05, 4.69) is 46.5 Å². The summed E-state index contributed by atoms with van der Waals surface area (Å²) in [5.41, 5.74) is 0.0722. The van der Waals surface area contributed by atoms with E-state index in [9.17, 15) is 4.79 Å². The summed E-state index contributed by atoms with van der Waals surface area (Å²) in [6, 6.07) is -0.0227. The maximum Gasteiger partial charge on any atom is 0.404 e. The van der Waals surface area contributed by atoms with E-state index in [-0.39, 0.29) is 16.9 Å². The maximum atomic E-state index is 10.7. The van der Waals surface area contributed by atoms with Crippen molar-refractivity contribution >= 4 is 6.09 Å². The van der Waals surface area contributed by atoms with Crippen molar-refractivity contribution in [2.75, 3.05) is 0 Å².